The molecule has 20 heavy (non-hydrogen) atoms. The van der Waals surface area contributed by atoms with Crippen molar-refractivity contribution < 1.29 is 4.79 Å². The lowest BCUT2D eigenvalue weighted by molar-refractivity contribution is 0.0928. The molecule has 0 spiro atoms. The molecule has 1 saturated heterocycles. The van der Waals surface area contributed by atoms with Gasteiger partial charge in [-0.1, -0.05) is 29.6 Å². The van der Waals surface area contributed by atoms with Gasteiger partial charge in [0.2, 0.25) is 0 Å². The third kappa shape index (κ3) is 3.57. The van der Waals surface area contributed by atoms with E-state index in [1.807, 2.05) is 0 Å². The summed E-state index contributed by atoms with van der Waals surface area (Å²) in [5.41, 5.74) is 6.45. The van der Waals surface area contributed by atoms with Gasteiger partial charge in [-0.2, -0.15) is 0 Å². The van der Waals surface area contributed by atoms with Crippen LogP contribution in [0.1, 0.15) is 29.6 Å². The largest absolute Gasteiger partial charge is 0.399 e. The summed E-state index contributed by atoms with van der Waals surface area (Å²) in [6.45, 7) is 1.68. The number of anilines is 1. The predicted molar refractivity (Wildman–Crippen MR) is 83.5 cm³/mol. The molecule has 0 aliphatic carbocycles. The second-order valence-electron chi connectivity index (χ2n) is 5.20. The topological polar surface area (TPSA) is 58.4 Å². The first-order chi connectivity index (χ1) is 9.49. The molecule has 1 heterocycles. The number of nitrogen functional groups attached to an aromatic ring is 1. The molecular weight excluding hydrogens is 297 g/mol. The quantitative estimate of drug-likeness (QED) is 0.843. The second kappa shape index (κ2) is 6.66. The van der Waals surface area contributed by atoms with Crippen molar-refractivity contribution in [3.05, 3.63) is 27.7 Å². The van der Waals surface area contributed by atoms with Gasteiger partial charge in [0, 0.05) is 18.3 Å². The Morgan fingerprint density at radius 2 is 2.20 bits per heavy atom. The lowest BCUT2D eigenvalue weighted by Gasteiger charge is -2.32. The summed E-state index contributed by atoms with van der Waals surface area (Å²) in [6, 6.07) is 3.46. The van der Waals surface area contributed by atoms with Crippen molar-refractivity contribution >= 4 is 34.8 Å². The summed E-state index contributed by atoms with van der Waals surface area (Å²) < 4.78 is 0. The van der Waals surface area contributed by atoms with Gasteiger partial charge in [0.25, 0.3) is 5.91 Å². The first kappa shape index (κ1) is 15.4. The third-order valence-corrected chi connectivity index (χ3v) is 4.52. The number of nitrogens with zero attached hydrogens (tertiary/aromatic N) is 1. The molecule has 1 unspecified atom stereocenters. The van der Waals surface area contributed by atoms with Crippen LogP contribution in [0.2, 0.25) is 10.0 Å². The van der Waals surface area contributed by atoms with Crippen LogP contribution in [0.5, 0.6) is 0 Å². The van der Waals surface area contributed by atoms with Crippen LogP contribution in [0.15, 0.2) is 12.1 Å². The molecule has 1 aliphatic heterocycles. The maximum atomic E-state index is 12.2. The van der Waals surface area contributed by atoms with Crippen LogP contribution in [-0.2, 0) is 0 Å². The van der Waals surface area contributed by atoms with Crippen molar-refractivity contribution in [3.8, 4) is 0 Å². The lowest BCUT2D eigenvalue weighted by Crippen LogP contribution is -2.44. The van der Waals surface area contributed by atoms with Gasteiger partial charge in [0.1, 0.15) is 0 Å². The van der Waals surface area contributed by atoms with E-state index in [-0.39, 0.29) is 10.9 Å². The monoisotopic (exact) mass is 315 g/mol. The molecule has 2 rings (SSSR count). The zero-order valence-corrected chi connectivity index (χ0v) is 13.0. The molecule has 0 saturated carbocycles. The van der Waals surface area contributed by atoms with Crippen LogP contribution in [0.25, 0.3) is 0 Å². The smallest absolute Gasteiger partial charge is 0.252 e. The molecule has 6 heteroatoms. The van der Waals surface area contributed by atoms with Crippen molar-refractivity contribution in [2.45, 2.75) is 25.3 Å². The zero-order chi connectivity index (χ0) is 14.7. The molecule has 1 aliphatic rings. The number of amides is 1. The highest BCUT2D eigenvalue weighted by molar-refractivity contribution is 6.44. The Morgan fingerprint density at radius 1 is 1.45 bits per heavy atom. The fourth-order valence-electron chi connectivity index (χ4n) is 2.48. The van der Waals surface area contributed by atoms with Crippen molar-refractivity contribution in [3.63, 3.8) is 0 Å². The molecule has 1 amide bonds. The zero-order valence-electron chi connectivity index (χ0n) is 11.5. The van der Waals surface area contributed by atoms with Gasteiger partial charge in [0.05, 0.1) is 15.6 Å². The minimum absolute atomic E-state index is 0.233. The van der Waals surface area contributed by atoms with Crippen LogP contribution in [-0.4, -0.2) is 37.0 Å². The first-order valence-electron chi connectivity index (χ1n) is 6.72. The summed E-state index contributed by atoms with van der Waals surface area (Å²) in [5.74, 6) is -0.233. The van der Waals surface area contributed by atoms with Gasteiger partial charge in [-0.3, -0.25) is 4.79 Å². The van der Waals surface area contributed by atoms with Crippen LogP contribution in [0, 0.1) is 0 Å². The number of hydrogen-bond donors (Lipinski definition) is 2. The van der Waals surface area contributed by atoms with Crippen molar-refractivity contribution in [1.82, 2.24) is 10.2 Å². The molecule has 1 fully saturated rings. The predicted octanol–water partition coefficient (Wildman–Crippen LogP) is 2.79. The summed E-state index contributed by atoms with van der Waals surface area (Å²) in [6.07, 6.45) is 3.52. The van der Waals surface area contributed by atoms with E-state index in [9.17, 15) is 4.79 Å². The Balaban J connectivity index is 2.01. The van der Waals surface area contributed by atoms with E-state index in [4.69, 9.17) is 28.9 Å². The average Bonchev–Trinajstić information content (AvgIpc) is 2.41. The number of likely N-dealkylation sites (tertiary alicyclic amines) is 1. The molecule has 0 aromatic heterocycles. The highest BCUT2D eigenvalue weighted by atomic mass is 35.5. The molecule has 3 N–H and O–H groups in total. The third-order valence-electron chi connectivity index (χ3n) is 3.71. The van der Waals surface area contributed by atoms with E-state index in [2.05, 4.69) is 17.3 Å². The standard InChI is InChI=1S/C14H19Cl2N3O/c1-19-5-3-2-4-10(19)8-18-14(20)11-6-9(17)7-12(15)13(11)16/h6-7,10H,2-5,8,17H2,1H3,(H,18,20). The first-order valence-corrected chi connectivity index (χ1v) is 7.47. The van der Waals surface area contributed by atoms with Crippen molar-refractivity contribution in [1.29, 1.82) is 0 Å². The van der Waals surface area contributed by atoms with Crippen LogP contribution in [0.4, 0.5) is 5.69 Å². The van der Waals surface area contributed by atoms with Crippen molar-refractivity contribution in [2.24, 2.45) is 0 Å². The van der Waals surface area contributed by atoms with Crippen molar-refractivity contribution in [2.75, 3.05) is 25.9 Å². The highest BCUT2D eigenvalue weighted by Gasteiger charge is 2.20. The molecule has 1 atom stereocenters. The Bertz CT molecular complexity index is 507. The minimum Gasteiger partial charge on any atom is -0.399 e. The number of piperidine rings is 1. The maximum Gasteiger partial charge on any atom is 0.252 e. The number of halogens is 2. The number of benzene rings is 1. The molecule has 110 valence electrons. The van der Waals surface area contributed by atoms with Gasteiger partial charge in [-0.05, 0) is 38.6 Å². The number of rotatable bonds is 3. The second-order valence-corrected chi connectivity index (χ2v) is 5.99. The Morgan fingerprint density at radius 3 is 2.90 bits per heavy atom. The summed E-state index contributed by atoms with van der Waals surface area (Å²) >= 11 is 12.0. The lowest BCUT2D eigenvalue weighted by atomic mass is 10.0. The fraction of sp³-hybridized carbons (Fsp3) is 0.500. The number of carbonyl (C=O) groups excluding carboxylic acids is 1. The number of hydrogen-bond acceptors (Lipinski definition) is 3. The van der Waals surface area contributed by atoms with Gasteiger partial charge in [-0.15, -0.1) is 0 Å². The van der Waals surface area contributed by atoms with E-state index in [0.29, 0.717) is 28.9 Å². The SMILES string of the molecule is CN1CCCCC1CNC(=O)c1cc(N)cc(Cl)c1Cl. The van der Waals surface area contributed by atoms with Gasteiger partial charge >= 0.3 is 0 Å². The van der Waals surface area contributed by atoms with Gasteiger partial charge in [0.15, 0.2) is 0 Å². The molecule has 0 radical (unpaired) electrons. The van der Waals surface area contributed by atoms with E-state index in [1.165, 1.54) is 18.9 Å². The summed E-state index contributed by atoms with van der Waals surface area (Å²) in [7, 11) is 2.08. The Labute approximate surface area is 129 Å². The van der Waals surface area contributed by atoms with E-state index in [1.54, 1.807) is 6.07 Å². The van der Waals surface area contributed by atoms with E-state index >= 15 is 0 Å². The number of likely N-dealkylation sites (N-methyl/N-ethyl adjacent to an activating group) is 1. The fourth-order valence-corrected chi connectivity index (χ4v) is 2.91. The highest BCUT2D eigenvalue weighted by Crippen LogP contribution is 2.28. The molecular formula is C14H19Cl2N3O. The maximum absolute atomic E-state index is 12.2. The van der Waals surface area contributed by atoms with Crippen LogP contribution >= 0.6 is 23.2 Å². The van der Waals surface area contributed by atoms with E-state index < -0.39 is 0 Å². The Hall–Kier alpha value is -0.970. The normalized spacial score (nSPS) is 19.9. The molecule has 0 bridgehead atoms. The molecule has 4 nitrogen and oxygen atoms in total. The molecule has 1 aromatic carbocycles. The number of nitrogens with one attached hydrogen (secondary N) is 1. The Kier molecular flexibility index (Phi) is 5.13. The summed E-state index contributed by atoms with van der Waals surface area (Å²) in [5, 5.41) is 3.46. The van der Waals surface area contributed by atoms with Gasteiger partial charge in [-0.25, -0.2) is 0 Å². The average molecular weight is 316 g/mol. The number of carbonyl (C=O) groups is 1. The van der Waals surface area contributed by atoms with Crippen LogP contribution < -0.4 is 11.1 Å². The molecule has 1 aromatic rings. The van der Waals surface area contributed by atoms with E-state index in [0.717, 1.165) is 13.0 Å². The van der Waals surface area contributed by atoms with Crippen LogP contribution in [0.3, 0.4) is 0 Å². The van der Waals surface area contributed by atoms with Gasteiger partial charge < -0.3 is 16.0 Å². The summed E-state index contributed by atoms with van der Waals surface area (Å²) in [4.78, 5) is 14.5. The number of nitrogens with two attached hydrogens (primary N) is 1. The minimum atomic E-state index is -0.233.